The summed E-state index contributed by atoms with van der Waals surface area (Å²) in [6, 6.07) is 15.1. The molecular formula is C26H25N7OS2. The topological polar surface area (TPSA) is 109 Å². The molecule has 36 heavy (non-hydrogen) atoms. The predicted octanol–water partition coefficient (Wildman–Crippen LogP) is 5.60. The van der Waals surface area contributed by atoms with Gasteiger partial charge in [-0.1, -0.05) is 18.2 Å². The normalized spacial score (nSPS) is 13.2. The van der Waals surface area contributed by atoms with Gasteiger partial charge in [0.05, 0.1) is 33.1 Å². The summed E-state index contributed by atoms with van der Waals surface area (Å²) in [4.78, 5) is 22.7. The van der Waals surface area contributed by atoms with Crippen LogP contribution >= 0.6 is 22.7 Å². The van der Waals surface area contributed by atoms with Gasteiger partial charge in [-0.2, -0.15) is 0 Å². The lowest BCUT2D eigenvalue weighted by Gasteiger charge is -2.06. The maximum atomic E-state index is 12.6. The second-order valence-electron chi connectivity index (χ2n) is 8.81. The van der Waals surface area contributed by atoms with Crippen molar-refractivity contribution in [3.05, 3.63) is 76.7 Å². The predicted molar refractivity (Wildman–Crippen MR) is 147 cm³/mol. The molecular weight excluding hydrogens is 490 g/mol. The first-order valence-corrected chi connectivity index (χ1v) is 13.5. The molecule has 1 fully saturated rings. The number of aromatic nitrogens is 3. The van der Waals surface area contributed by atoms with Crippen molar-refractivity contribution >= 4 is 55.7 Å². The van der Waals surface area contributed by atoms with E-state index in [0.29, 0.717) is 16.3 Å². The van der Waals surface area contributed by atoms with Crippen molar-refractivity contribution in [2.45, 2.75) is 19.4 Å². The number of para-hydroxylation sites is 2. The van der Waals surface area contributed by atoms with Crippen LogP contribution in [-0.2, 0) is 6.54 Å². The molecule has 1 aliphatic carbocycles. The summed E-state index contributed by atoms with van der Waals surface area (Å²) in [6.45, 7) is 1.88. The first-order chi connectivity index (χ1) is 17.6. The zero-order valence-corrected chi connectivity index (χ0v) is 21.0. The number of pyridine rings is 1. The van der Waals surface area contributed by atoms with E-state index in [1.54, 1.807) is 18.2 Å². The number of fused-ring (bicyclic) bond motifs is 1. The maximum absolute atomic E-state index is 12.6. The molecule has 0 saturated heterocycles. The van der Waals surface area contributed by atoms with Crippen LogP contribution in [0.1, 0.15) is 28.1 Å². The Kier molecular flexibility index (Phi) is 6.14. The number of nitrogen functional groups attached to an aromatic ring is 1. The van der Waals surface area contributed by atoms with Crippen LogP contribution in [0, 0.1) is 5.92 Å². The van der Waals surface area contributed by atoms with Crippen molar-refractivity contribution in [2.24, 2.45) is 5.92 Å². The van der Waals surface area contributed by atoms with Gasteiger partial charge in [0.25, 0.3) is 5.91 Å². The van der Waals surface area contributed by atoms with Crippen molar-refractivity contribution in [2.75, 3.05) is 22.9 Å². The molecule has 1 aliphatic rings. The third kappa shape index (κ3) is 4.83. The van der Waals surface area contributed by atoms with E-state index in [9.17, 15) is 4.79 Å². The summed E-state index contributed by atoms with van der Waals surface area (Å²) in [5, 5.41) is 13.3. The molecule has 0 spiro atoms. The summed E-state index contributed by atoms with van der Waals surface area (Å²) in [5.74, 6) is 0.649. The van der Waals surface area contributed by atoms with Crippen LogP contribution in [0.2, 0.25) is 0 Å². The molecule has 8 nitrogen and oxygen atoms in total. The van der Waals surface area contributed by atoms with Crippen molar-refractivity contribution < 1.29 is 4.79 Å². The van der Waals surface area contributed by atoms with Crippen LogP contribution in [0.3, 0.4) is 0 Å². The van der Waals surface area contributed by atoms with E-state index in [0.717, 1.165) is 46.2 Å². The average Bonchev–Trinajstić information content (AvgIpc) is 3.24. The van der Waals surface area contributed by atoms with E-state index in [2.05, 4.69) is 37.5 Å². The van der Waals surface area contributed by atoms with Crippen molar-refractivity contribution in [3.63, 3.8) is 0 Å². The summed E-state index contributed by atoms with van der Waals surface area (Å²) < 4.78 is 2.09. The third-order valence-corrected chi connectivity index (χ3v) is 7.85. The second-order valence-corrected chi connectivity index (χ2v) is 10.8. The van der Waals surface area contributed by atoms with E-state index in [1.807, 2.05) is 36.0 Å². The Labute approximate surface area is 216 Å². The molecule has 5 N–H and O–H groups in total. The van der Waals surface area contributed by atoms with Gasteiger partial charge in [0.2, 0.25) is 0 Å². The fourth-order valence-corrected chi connectivity index (χ4v) is 5.59. The number of rotatable bonds is 9. The molecule has 0 radical (unpaired) electrons. The van der Waals surface area contributed by atoms with Crippen LogP contribution in [0.4, 0.5) is 21.5 Å². The summed E-state index contributed by atoms with van der Waals surface area (Å²) in [5.41, 5.74) is 11.0. The number of nitrogens with zero attached hydrogens (tertiary/aromatic N) is 3. The number of benzene rings is 1. The highest BCUT2D eigenvalue weighted by atomic mass is 32.1. The quantitative estimate of drug-likeness (QED) is 0.190. The van der Waals surface area contributed by atoms with E-state index in [1.165, 1.54) is 41.1 Å². The van der Waals surface area contributed by atoms with Gasteiger partial charge in [-0.05, 0) is 55.6 Å². The molecule has 4 heterocycles. The number of nitrogens with two attached hydrogens (primary N) is 1. The number of carbonyl (C=O) groups is 1. The molecule has 4 aromatic heterocycles. The van der Waals surface area contributed by atoms with Crippen LogP contribution in [0.15, 0.2) is 66.3 Å². The van der Waals surface area contributed by atoms with Gasteiger partial charge in [0.1, 0.15) is 11.3 Å². The molecule has 0 atom stereocenters. The molecule has 0 aliphatic heterocycles. The van der Waals surface area contributed by atoms with E-state index >= 15 is 0 Å². The largest absolute Gasteiger partial charge is 0.397 e. The molecule has 0 unspecified atom stereocenters. The Bertz CT molecular complexity index is 1530. The van der Waals surface area contributed by atoms with E-state index in [4.69, 9.17) is 10.7 Å². The SMILES string of the molecule is Nc1ccccc1NC(=O)c1ccc(Nc2nc(-c3cnc4c(CNCC5CC5)cccn34)cs2)s1. The number of hydrogen-bond acceptors (Lipinski definition) is 8. The molecule has 10 heteroatoms. The molecule has 0 bridgehead atoms. The van der Waals surface area contributed by atoms with Crippen molar-refractivity contribution in [1.82, 2.24) is 19.7 Å². The lowest BCUT2D eigenvalue weighted by molar-refractivity contribution is 0.103. The van der Waals surface area contributed by atoms with Crippen LogP contribution in [0.5, 0.6) is 0 Å². The van der Waals surface area contributed by atoms with Gasteiger partial charge in [-0.3, -0.25) is 9.20 Å². The van der Waals surface area contributed by atoms with Gasteiger partial charge in [-0.15, -0.1) is 22.7 Å². The Morgan fingerprint density at radius 1 is 1.14 bits per heavy atom. The van der Waals surface area contributed by atoms with E-state index < -0.39 is 0 Å². The van der Waals surface area contributed by atoms with Crippen LogP contribution in [0.25, 0.3) is 17.0 Å². The molecule has 5 aromatic rings. The number of thiophene rings is 1. The smallest absolute Gasteiger partial charge is 0.265 e. The van der Waals surface area contributed by atoms with Gasteiger partial charge < -0.3 is 21.7 Å². The number of imidazole rings is 1. The highest BCUT2D eigenvalue weighted by molar-refractivity contribution is 7.19. The number of anilines is 4. The molecule has 1 saturated carbocycles. The zero-order chi connectivity index (χ0) is 24.5. The van der Waals surface area contributed by atoms with Crippen LogP contribution in [-0.4, -0.2) is 26.8 Å². The number of nitrogens with one attached hydrogen (secondary N) is 3. The number of amides is 1. The first-order valence-electron chi connectivity index (χ1n) is 11.8. The molecule has 6 rings (SSSR count). The highest BCUT2D eigenvalue weighted by Gasteiger charge is 2.20. The number of thiazole rings is 1. The lowest BCUT2D eigenvalue weighted by Crippen LogP contribution is -2.16. The van der Waals surface area contributed by atoms with Gasteiger partial charge >= 0.3 is 0 Å². The fourth-order valence-electron chi connectivity index (χ4n) is 4.01. The minimum absolute atomic E-state index is 0.195. The number of carbonyl (C=O) groups excluding carboxylic acids is 1. The molecule has 182 valence electrons. The third-order valence-electron chi connectivity index (χ3n) is 6.10. The fraction of sp³-hybridized carbons (Fsp3) is 0.192. The maximum Gasteiger partial charge on any atom is 0.265 e. The standard InChI is InChI=1S/C26H25N7OS2/c27-18-5-1-2-6-19(18)30-25(34)22-9-10-23(36-22)32-26-31-20(15-35-26)21-14-29-24-17(4-3-11-33(21)24)13-28-12-16-7-8-16/h1-6,9-11,14-16,28H,7-8,12-13,27H2,(H,30,34)(H,31,32). The van der Waals surface area contributed by atoms with Gasteiger partial charge in [0, 0.05) is 23.7 Å². The molecule has 1 aromatic carbocycles. The van der Waals surface area contributed by atoms with Gasteiger partial charge in [0.15, 0.2) is 5.13 Å². The monoisotopic (exact) mass is 515 g/mol. The summed E-state index contributed by atoms with van der Waals surface area (Å²) in [7, 11) is 0. The van der Waals surface area contributed by atoms with Crippen molar-refractivity contribution in [3.8, 4) is 11.4 Å². The average molecular weight is 516 g/mol. The van der Waals surface area contributed by atoms with Crippen molar-refractivity contribution in [1.29, 1.82) is 0 Å². The number of hydrogen-bond donors (Lipinski definition) is 4. The highest BCUT2D eigenvalue weighted by Crippen LogP contribution is 2.32. The lowest BCUT2D eigenvalue weighted by atomic mass is 10.2. The van der Waals surface area contributed by atoms with Gasteiger partial charge in [-0.25, -0.2) is 9.97 Å². The summed E-state index contributed by atoms with van der Waals surface area (Å²) >= 11 is 2.88. The van der Waals surface area contributed by atoms with Crippen LogP contribution < -0.4 is 21.7 Å². The first kappa shape index (κ1) is 22.7. The minimum Gasteiger partial charge on any atom is -0.397 e. The second kappa shape index (κ2) is 9.73. The Morgan fingerprint density at radius 2 is 2.03 bits per heavy atom. The Balaban J connectivity index is 1.14. The Morgan fingerprint density at radius 3 is 2.89 bits per heavy atom. The molecule has 1 amide bonds. The van der Waals surface area contributed by atoms with E-state index in [-0.39, 0.29) is 5.91 Å². The minimum atomic E-state index is -0.195. The Hall–Kier alpha value is -3.73. The zero-order valence-electron chi connectivity index (χ0n) is 19.4. The summed E-state index contributed by atoms with van der Waals surface area (Å²) in [6.07, 6.45) is 6.58.